The van der Waals surface area contributed by atoms with Gasteiger partial charge >= 0.3 is 5.97 Å². The lowest BCUT2D eigenvalue weighted by atomic mass is 10.0. The molecule has 1 aromatic carbocycles. The highest BCUT2D eigenvalue weighted by atomic mass is 35.5. The molecule has 0 aliphatic heterocycles. The van der Waals surface area contributed by atoms with Crippen LogP contribution in [0.15, 0.2) is 18.2 Å². The van der Waals surface area contributed by atoms with Gasteiger partial charge in [-0.3, -0.25) is 4.79 Å². The van der Waals surface area contributed by atoms with Crippen LogP contribution in [0.3, 0.4) is 0 Å². The molecule has 0 aromatic heterocycles. The van der Waals surface area contributed by atoms with E-state index in [-0.39, 0.29) is 24.6 Å². The van der Waals surface area contributed by atoms with Gasteiger partial charge in [-0.25, -0.2) is 4.39 Å². The number of benzene rings is 1. The summed E-state index contributed by atoms with van der Waals surface area (Å²) in [5, 5.41) is 0. The molecule has 1 rings (SSSR count). The number of carbonyl (C=O) groups is 1. The molecule has 16 heavy (non-hydrogen) atoms. The van der Waals surface area contributed by atoms with Crippen LogP contribution in [0.1, 0.15) is 11.1 Å². The van der Waals surface area contributed by atoms with E-state index in [0.717, 1.165) is 0 Å². The Morgan fingerprint density at radius 2 is 2.19 bits per heavy atom. The second-order valence-corrected chi connectivity index (χ2v) is 3.42. The highest BCUT2D eigenvalue weighted by Crippen LogP contribution is 2.10. The van der Waals surface area contributed by atoms with E-state index >= 15 is 0 Å². The Bertz CT molecular complexity index is 371. The molecule has 0 unspecified atom stereocenters. The maximum Gasteiger partial charge on any atom is 0.322 e. The van der Waals surface area contributed by atoms with Gasteiger partial charge < -0.3 is 10.5 Å². The van der Waals surface area contributed by atoms with Crippen molar-refractivity contribution < 1.29 is 13.9 Å². The quantitative estimate of drug-likeness (QED) is 0.826. The third-order valence-electron chi connectivity index (χ3n) is 2.20. The van der Waals surface area contributed by atoms with Gasteiger partial charge in [0.25, 0.3) is 0 Å². The van der Waals surface area contributed by atoms with Crippen LogP contribution in [0.4, 0.5) is 4.39 Å². The van der Waals surface area contributed by atoms with Crippen LogP contribution < -0.4 is 5.73 Å². The van der Waals surface area contributed by atoms with Crippen LogP contribution in [0, 0.1) is 12.7 Å². The van der Waals surface area contributed by atoms with Gasteiger partial charge in [0, 0.05) is 0 Å². The number of methoxy groups -OCH3 is 1. The molecule has 0 bridgehead atoms. The van der Waals surface area contributed by atoms with Gasteiger partial charge in [0.2, 0.25) is 0 Å². The van der Waals surface area contributed by atoms with E-state index in [0.29, 0.717) is 11.1 Å². The molecule has 2 N–H and O–H groups in total. The second-order valence-electron chi connectivity index (χ2n) is 3.42. The summed E-state index contributed by atoms with van der Waals surface area (Å²) in [5.74, 6) is -0.777. The Hall–Kier alpha value is -1.13. The fraction of sp³-hybridized carbons (Fsp3) is 0.364. The summed E-state index contributed by atoms with van der Waals surface area (Å²) in [6.45, 7) is 1.68. The van der Waals surface area contributed by atoms with Crippen LogP contribution in [-0.2, 0) is 16.0 Å². The van der Waals surface area contributed by atoms with Crippen molar-refractivity contribution in [2.75, 3.05) is 7.11 Å². The van der Waals surface area contributed by atoms with Crippen LogP contribution in [0.2, 0.25) is 0 Å². The Morgan fingerprint density at radius 1 is 1.56 bits per heavy atom. The first-order chi connectivity index (χ1) is 7.04. The maximum atomic E-state index is 13.2. The molecule has 1 atom stereocenters. The zero-order valence-electron chi connectivity index (χ0n) is 9.20. The van der Waals surface area contributed by atoms with Crippen molar-refractivity contribution in [2.45, 2.75) is 19.4 Å². The average molecular weight is 248 g/mol. The standard InChI is InChI=1S/C11H14FNO2.ClH/c1-7-3-4-8(5-9(7)12)6-10(13)11(14)15-2;/h3-5,10H,6,13H2,1-2H3;1H/t10-;/m0./s1. The molecule has 0 saturated heterocycles. The van der Waals surface area contributed by atoms with E-state index in [4.69, 9.17) is 5.73 Å². The summed E-state index contributed by atoms with van der Waals surface area (Å²) in [6.07, 6.45) is 0.282. The molecule has 0 radical (unpaired) electrons. The fourth-order valence-corrected chi connectivity index (χ4v) is 1.25. The number of hydrogen-bond acceptors (Lipinski definition) is 3. The molecule has 0 fully saturated rings. The van der Waals surface area contributed by atoms with E-state index < -0.39 is 12.0 Å². The first-order valence-electron chi connectivity index (χ1n) is 4.63. The predicted molar refractivity (Wildman–Crippen MR) is 62.1 cm³/mol. The molecule has 0 aliphatic carbocycles. The van der Waals surface area contributed by atoms with Gasteiger partial charge in [0.1, 0.15) is 11.9 Å². The Labute approximate surface area is 100 Å². The first kappa shape index (κ1) is 14.9. The highest BCUT2D eigenvalue weighted by Gasteiger charge is 2.14. The van der Waals surface area contributed by atoms with Crippen LogP contribution in [-0.4, -0.2) is 19.1 Å². The minimum Gasteiger partial charge on any atom is -0.468 e. The van der Waals surface area contributed by atoms with Gasteiger partial charge in [-0.2, -0.15) is 0 Å². The summed E-state index contributed by atoms with van der Waals surface area (Å²) in [7, 11) is 1.28. The molecule has 0 amide bonds. The number of halogens is 2. The molecule has 5 heteroatoms. The Balaban J connectivity index is 0.00000225. The van der Waals surface area contributed by atoms with E-state index in [1.807, 2.05) is 0 Å². The number of hydrogen-bond donors (Lipinski definition) is 1. The fourth-order valence-electron chi connectivity index (χ4n) is 1.25. The number of carbonyl (C=O) groups excluding carboxylic acids is 1. The number of esters is 1. The predicted octanol–water partition coefficient (Wildman–Crippen LogP) is 1.60. The van der Waals surface area contributed by atoms with Crippen molar-refractivity contribution in [1.82, 2.24) is 0 Å². The zero-order valence-corrected chi connectivity index (χ0v) is 10.0. The zero-order chi connectivity index (χ0) is 11.4. The van der Waals surface area contributed by atoms with Crippen molar-refractivity contribution in [3.05, 3.63) is 35.1 Å². The van der Waals surface area contributed by atoms with Crippen LogP contribution >= 0.6 is 12.4 Å². The maximum absolute atomic E-state index is 13.2. The lowest BCUT2D eigenvalue weighted by Crippen LogP contribution is -2.33. The number of aryl methyl sites for hydroxylation is 1. The molecule has 0 aliphatic rings. The highest BCUT2D eigenvalue weighted by molar-refractivity contribution is 5.85. The van der Waals surface area contributed by atoms with Crippen molar-refractivity contribution >= 4 is 18.4 Å². The molecule has 0 saturated carbocycles. The van der Waals surface area contributed by atoms with Crippen LogP contribution in [0.25, 0.3) is 0 Å². The Kier molecular flexibility index (Phi) is 6.00. The second kappa shape index (κ2) is 6.45. The van der Waals surface area contributed by atoms with Crippen molar-refractivity contribution in [1.29, 1.82) is 0 Å². The summed E-state index contributed by atoms with van der Waals surface area (Å²) in [5.41, 5.74) is 6.82. The van der Waals surface area contributed by atoms with Gasteiger partial charge in [-0.1, -0.05) is 12.1 Å². The number of rotatable bonds is 3. The van der Waals surface area contributed by atoms with E-state index in [2.05, 4.69) is 4.74 Å². The SMILES string of the molecule is COC(=O)[C@@H](N)Cc1ccc(C)c(F)c1.Cl. The lowest BCUT2D eigenvalue weighted by molar-refractivity contribution is -0.142. The third-order valence-corrected chi connectivity index (χ3v) is 2.20. The van der Waals surface area contributed by atoms with Crippen molar-refractivity contribution in [3.8, 4) is 0 Å². The van der Waals surface area contributed by atoms with Gasteiger partial charge in [0.05, 0.1) is 7.11 Å². The van der Waals surface area contributed by atoms with E-state index in [9.17, 15) is 9.18 Å². The molecule has 90 valence electrons. The summed E-state index contributed by atoms with van der Waals surface area (Å²) in [4.78, 5) is 11.0. The number of ether oxygens (including phenoxy) is 1. The van der Waals surface area contributed by atoms with Crippen molar-refractivity contribution in [2.24, 2.45) is 5.73 Å². The van der Waals surface area contributed by atoms with Gasteiger partial charge in [-0.15, -0.1) is 12.4 Å². The third kappa shape index (κ3) is 3.79. The van der Waals surface area contributed by atoms with E-state index in [1.165, 1.54) is 13.2 Å². The molecule has 0 spiro atoms. The number of nitrogens with two attached hydrogens (primary N) is 1. The average Bonchev–Trinajstić information content (AvgIpc) is 2.22. The van der Waals surface area contributed by atoms with Crippen molar-refractivity contribution in [3.63, 3.8) is 0 Å². The minimum atomic E-state index is -0.739. The smallest absolute Gasteiger partial charge is 0.322 e. The van der Waals surface area contributed by atoms with E-state index in [1.54, 1.807) is 19.1 Å². The minimum absolute atomic E-state index is 0. The summed E-state index contributed by atoms with van der Waals surface area (Å²) in [6, 6.07) is 4.06. The van der Waals surface area contributed by atoms with Gasteiger partial charge in [-0.05, 0) is 30.5 Å². The normalized spacial score (nSPS) is 11.5. The summed E-state index contributed by atoms with van der Waals surface area (Å²) < 4.78 is 17.6. The molecular weight excluding hydrogens is 233 g/mol. The monoisotopic (exact) mass is 247 g/mol. The first-order valence-corrected chi connectivity index (χ1v) is 4.63. The molecular formula is C11H15ClFNO2. The molecule has 1 aromatic rings. The Morgan fingerprint density at radius 3 is 2.69 bits per heavy atom. The van der Waals surface area contributed by atoms with Crippen LogP contribution in [0.5, 0.6) is 0 Å². The summed E-state index contributed by atoms with van der Waals surface area (Å²) >= 11 is 0. The lowest BCUT2D eigenvalue weighted by Gasteiger charge is -2.09. The largest absolute Gasteiger partial charge is 0.468 e. The molecule has 0 heterocycles. The van der Waals surface area contributed by atoms with Gasteiger partial charge in [0.15, 0.2) is 0 Å². The molecule has 3 nitrogen and oxygen atoms in total. The topological polar surface area (TPSA) is 52.3 Å².